The van der Waals surface area contributed by atoms with Gasteiger partial charge < -0.3 is 10.1 Å². The average Bonchev–Trinajstić information content (AvgIpc) is 2.61. The minimum Gasteiger partial charge on any atom is -0.490 e. The number of benzene rings is 2. The minimum absolute atomic E-state index is 0.0290. The number of hydrogen-bond acceptors (Lipinski definition) is 4. The Kier molecular flexibility index (Phi) is 7.12. The number of carbonyl (C=O) groups is 2. The van der Waals surface area contributed by atoms with Crippen molar-refractivity contribution in [3.8, 4) is 5.75 Å². The van der Waals surface area contributed by atoms with E-state index >= 15 is 0 Å². The Morgan fingerprint density at radius 2 is 1.92 bits per heavy atom. The van der Waals surface area contributed by atoms with Gasteiger partial charge >= 0.3 is 0 Å². The molecule has 0 radical (unpaired) electrons. The summed E-state index contributed by atoms with van der Waals surface area (Å²) < 4.78 is 5.45. The first-order valence-electron chi connectivity index (χ1n) is 8.40. The first-order chi connectivity index (χ1) is 12.5. The summed E-state index contributed by atoms with van der Waals surface area (Å²) in [6, 6.07) is 14.7. The smallest absolute Gasteiger partial charge is 0.238 e. The van der Waals surface area contributed by atoms with E-state index in [4.69, 9.17) is 4.74 Å². The largest absolute Gasteiger partial charge is 0.490 e. The van der Waals surface area contributed by atoms with Crippen LogP contribution >= 0.6 is 0 Å². The first-order valence-corrected chi connectivity index (χ1v) is 8.40. The SMILES string of the molecule is C=CCOc1ccc(CN(C)CC(=O)Nc2cccc(C(C)=O)c2)cc1. The molecule has 0 aromatic heterocycles. The van der Waals surface area contributed by atoms with Crippen molar-refractivity contribution >= 4 is 17.4 Å². The number of ether oxygens (including phenoxy) is 1. The third-order valence-electron chi connectivity index (χ3n) is 3.71. The number of carbonyl (C=O) groups excluding carboxylic acids is 2. The summed E-state index contributed by atoms with van der Waals surface area (Å²) in [5, 5.41) is 2.82. The molecule has 0 aliphatic carbocycles. The van der Waals surface area contributed by atoms with Crippen molar-refractivity contribution in [1.29, 1.82) is 0 Å². The second-order valence-corrected chi connectivity index (χ2v) is 6.10. The van der Waals surface area contributed by atoms with Crippen LogP contribution in [0.25, 0.3) is 0 Å². The van der Waals surface area contributed by atoms with Gasteiger partial charge in [0.1, 0.15) is 12.4 Å². The summed E-state index contributed by atoms with van der Waals surface area (Å²) in [6.07, 6.45) is 1.70. The van der Waals surface area contributed by atoms with E-state index in [9.17, 15) is 9.59 Å². The summed E-state index contributed by atoms with van der Waals surface area (Å²) >= 11 is 0. The lowest BCUT2D eigenvalue weighted by Gasteiger charge is -2.17. The fraction of sp³-hybridized carbons (Fsp3) is 0.238. The molecule has 5 nitrogen and oxygen atoms in total. The molecule has 0 heterocycles. The third kappa shape index (κ3) is 6.18. The van der Waals surface area contributed by atoms with Gasteiger partial charge in [0.15, 0.2) is 5.78 Å². The number of amides is 1. The quantitative estimate of drug-likeness (QED) is 0.554. The fourth-order valence-electron chi connectivity index (χ4n) is 2.48. The van der Waals surface area contributed by atoms with E-state index in [1.807, 2.05) is 36.2 Å². The number of anilines is 1. The Bertz CT molecular complexity index is 769. The van der Waals surface area contributed by atoms with Crippen molar-refractivity contribution in [3.63, 3.8) is 0 Å². The van der Waals surface area contributed by atoms with Crippen LogP contribution in [0.15, 0.2) is 61.2 Å². The van der Waals surface area contributed by atoms with E-state index in [2.05, 4.69) is 11.9 Å². The summed E-state index contributed by atoms with van der Waals surface area (Å²) in [6.45, 7) is 6.49. The number of nitrogens with zero attached hydrogens (tertiary/aromatic N) is 1. The molecule has 0 aliphatic rings. The number of nitrogens with one attached hydrogen (secondary N) is 1. The highest BCUT2D eigenvalue weighted by molar-refractivity contribution is 5.97. The highest BCUT2D eigenvalue weighted by Gasteiger charge is 2.09. The number of rotatable bonds is 9. The van der Waals surface area contributed by atoms with Gasteiger partial charge in [-0.2, -0.15) is 0 Å². The molecule has 0 aliphatic heterocycles. The van der Waals surface area contributed by atoms with E-state index in [1.165, 1.54) is 6.92 Å². The molecule has 26 heavy (non-hydrogen) atoms. The van der Waals surface area contributed by atoms with E-state index in [0.29, 0.717) is 24.4 Å². The van der Waals surface area contributed by atoms with E-state index in [1.54, 1.807) is 30.3 Å². The van der Waals surface area contributed by atoms with Crippen LogP contribution in [0.1, 0.15) is 22.8 Å². The number of ketones is 1. The van der Waals surface area contributed by atoms with Crippen molar-refractivity contribution in [2.45, 2.75) is 13.5 Å². The second kappa shape index (κ2) is 9.53. The van der Waals surface area contributed by atoms with Gasteiger partial charge in [0.05, 0.1) is 6.54 Å². The zero-order valence-electron chi connectivity index (χ0n) is 15.2. The van der Waals surface area contributed by atoms with Crippen LogP contribution < -0.4 is 10.1 Å². The average molecular weight is 352 g/mol. The summed E-state index contributed by atoms with van der Waals surface area (Å²) in [4.78, 5) is 25.5. The van der Waals surface area contributed by atoms with Gasteiger partial charge in [-0.05, 0) is 43.8 Å². The predicted molar refractivity (Wildman–Crippen MR) is 104 cm³/mol. The van der Waals surface area contributed by atoms with Crippen molar-refractivity contribution in [1.82, 2.24) is 4.90 Å². The van der Waals surface area contributed by atoms with Crippen LogP contribution in [0, 0.1) is 0 Å². The van der Waals surface area contributed by atoms with Gasteiger partial charge in [-0.15, -0.1) is 0 Å². The number of hydrogen-bond donors (Lipinski definition) is 1. The maximum absolute atomic E-state index is 12.2. The molecule has 0 spiro atoms. The van der Waals surface area contributed by atoms with Gasteiger partial charge in [-0.25, -0.2) is 0 Å². The normalized spacial score (nSPS) is 10.4. The summed E-state index contributed by atoms with van der Waals surface area (Å²) in [7, 11) is 1.88. The lowest BCUT2D eigenvalue weighted by atomic mass is 10.1. The van der Waals surface area contributed by atoms with Crippen LogP contribution in [0.3, 0.4) is 0 Å². The maximum atomic E-state index is 12.2. The minimum atomic E-state index is -0.126. The molecular formula is C21H24N2O3. The molecule has 1 N–H and O–H groups in total. The molecule has 1 amide bonds. The lowest BCUT2D eigenvalue weighted by Crippen LogP contribution is -2.29. The Balaban J connectivity index is 1.85. The highest BCUT2D eigenvalue weighted by atomic mass is 16.5. The van der Waals surface area contributed by atoms with Crippen molar-refractivity contribution in [3.05, 3.63) is 72.3 Å². The summed E-state index contributed by atoms with van der Waals surface area (Å²) in [5.74, 6) is 0.636. The van der Waals surface area contributed by atoms with Gasteiger partial charge in [0.25, 0.3) is 0 Å². The molecular weight excluding hydrogens is 328 g/mol. The zero-order chi connectivity index (χ0) is 18.9. The van der Waals surface area contributed by atoms with Gasteiger partial charge in [0, 0.05) is 17.8 Å². The van der Waals surface area contributed by atoms with Crippen LogP contribution in [-0.2, 0) is 11.3 Å². The molecule has 0 unspecified atom stereocenters. The Morgan fingerprint density at radius 1 is 1.19 bits per heavy atom. The molecule has 0 saturated heterocycles. The molecule has 2 aromatic carbocycles. The predicted octanol–water partition coefficient (Wildman–Crippen LogP) is 3.52. The molecule has 0 bridgehead atoms. The Hall–Kier alpha value is -2.92. The van der Waals surface area contributed by atoms with Crippen LogP contribution in [-0.4, -0.2) is 36.8 Å². The maximum Gasteiger partial charge on any atom is 0.238 e. The van der Waals surface area contributed by atoms with Gasteiger partial charge in [-0.3, -0.25) is 14.5 Å². The summed E-state index contributed by atoms with van der Waals surface area (Å²) in [5.41, 5.74) is 2.29. The number of likely N-dealkylation sites (N-methyl/N-ethyl adjacent to an activating group) is 1. The van der Waals surface area contributed by atoms with Crippen molar-refractivity contribution in [2.24, 2.45) is 0 Å². The molecule has 0 atom stereocenters. The van der Waals surface area contributed by atoms with Gasteiger partial charge in [0.2, 0.25) is 5.91 Å². The highest BCUT2D eigenvalue weighted by Crippen LogP contribution is 2.14. The van der Waals surface area contributed by atoms with Crippen molar-refractivity contribution < 1.29 is 14.3 Å². The van der Waals surface area contributed by atoms with Crippen LogP contribution in [0.5, 0.6) is 5.75 Å². The van der Waals surface area contributed by atoms with E-state index in [0.717, 1.165) is 11.3 Å². The van der Waals surface area contributed by atoms with E-state index in [-0.39, 0.29) is 18.2 Å². The zero-order valence-corrected chi connectivity index (χ0v) is 15.2. The molecule has 0 fully saturated rings. The van der Waals surface area contributed by atoms with E-state index < -0.39 is 0 Å². The van der Waals surface area contributed by atoms with Crippen molar-refractivity contribution in [2.75, 3.05) is 25.5 Å². The lowest BCUT2D eigenvalue weighted by molar-refractivity contribution is -0.117. The fourth-order valence-corrected chi connectivity index (χ4v) is 2.48. The molecule has 2 rings (SSSR count). The standard InChI is InChI=1S/C21H24N2O3/c1-4-12-26-20-10-8-17(9-11-20)14-23(3)15-21(25)22-19-7-5-6-18(13-19)16(2)24/h4-11,13H,1,12,14-15H2,2-3H3,(H,22,25). The topological polar surface area (TPSA) is 58.6 Å². The second-order valence-electron chi connectivity index (χ2n) is 6.10. The number of Topliss-reactive ketones (excluding diaryl/α,β-unsaturated/α-hetero) is 1. The monoisotopic (exact) mass is 352 g/mol. The third-order valence-corrected chi connectivity index (χ3v) is 3.71. The first kappa shape index (κ1) is 19.4. The Morgan fingerprint density at radius 3 is 2.58 bits per heavy atom. The molecule has 136 valence electrons. The molecule has 5 heteroatoms. The van der Waals surface area contributed by atoms with Crippen LogP contribution in [0.4, 0.5) is 5.69 Å². The molecule has 0 saturated carbocycles. The molecule has 2 aromatic rings. The Labute approximate surface area is 154 Å². The van der Waals surface area contributed by atoms with Gasteiger partial charge in [-0.1, -0.05) is 36.9 Å². The van der Waals surface area contributed by atoms with Crippen LogP contribution in [0.2, 0.25) is 0 Å².